The largest absolute Gasteiger partial charge is 0.480 e. The first kappa shape index (κ1) is 19.3. The Hall–Kier alpha value is -1.67. The van der Waals surface area contributed by atoms with Gasteiger partial charge in [-0.15, -0.1) is 0 Å². The molecule has 0 aliphatic rings. The Bertz CT molecular complexity index is 384. The minimum Gasteiger partial charge on any atom is -0.480 e. The molecular weight excluding hydrogens is 278 g/mol. The van der Waals surface area contributed by atoms with E-state index in [0.29, 0.717) is 0 Å². The highest BCUT2D eigenvalue weighted by Crippen LogP contribution is 2.03. The summed E-state index contributed by atoms with van der Waals surface area (Å²) in [5.74, 6) is -2.98. The minimum absolute atomic E-state index is 0.130. The predicted octanol–water partition coefficient (Wildman–Crippen LogP) is -1.33. The molecule has 0 heterocycles. The van der Waals surface area contributed by atoms with Crippen molar-refractivity contribution in [2.75, 3.05) is 6.61 Å². The molecule has 0 aromatic rings. The highest BCUT2D eigenvalue weighted by molar-refractivity contribution is 5.91. The SMILES string of the molecule is CC(C)[C@H](N)C(=O)N[C@@H](CO)C(=O)N[C@H](C(=O)O)C(C)C. The van der Waals surface area contributed by atoms with Crippen LogP contribution >= 0.6 is 0 Å². The van der Waals surface area contributed by atoms with Crippen LogP contribution in [0.2, 0.25) is 0 Å². The zero-order chi connectivity index (χ0) is 16.7. The maximum atomic E-state index is 11.9. The van der Waals surface area contributed by atoms with E-state index >= 15 is 0 Å². The quantitative estimate of drug-likeness (QED) is 0.376. The number of carboxylic acids is 1. The van der Waals surface area contributed by atoms with E-state index in [0.717, 1.165) is 0 Å². The van der Waals surface area contributed by atoms with E-state index < -0.39 is 42.5 Å². The number of nitrogens with one attached hydrogen (secondary N) is 2. The first-order valence-electron chi connectivity index (χ1n) is 6.81. The molecule has 0 saturated heterocycles. The van der Waals surface area contributed by atoms with Crippen LogP contribution in [0.5, 0.6) is 0 Å². The van der Waals surface area contributed by atoms with E-state index in [4.69, 9.17) is 10.8 Å². The average molecular weight is 303 g/mol. The van der Waals surface area contributed by atoms with E-state index in [1.165, 1.54) is 0 Å². The fourth-order valence-corrected chi connectivity index (χ4v) is 1.53. The van der Waals surface area contributed by atoms with Crippen LogP contribution in [-0.2, 0) is 14.4 Å². The minimum atomic E-state index is -1.23. The predicted molar refractivity (Wildman–Crippen MR) is 76.2 cm³/mol. The van der Waals surface area contributed by atoms with Crippen molar-refractivity contribution in [1.82, 2.24) is 10.6 Å². The molecule has 0 bridgehead atoms. The Morgan fingerprint density at radius 1 is 1.00 bits per heavy atom. The molecule has 8 heteroatoms. The fraction of sp³-hybridized carbons (Fsp3) is 0.769. The van der Waals surface area contributed by atoms with Crippen LogP contribution in [0.15, 0.2) is 0 Å². The second-order valence-corrected chi connectivity index (χ2v) is 5.58. The number of nitrogens with two attached hydrogens (primary N) is 1. The monoisotopic (exact) mass is 303 g/mol. The zero-order valence-electron chi connectivity index (χ0n) is 12.8. The summed E-state index contributed by atoms with van der Waals surface area (Å²) in [7, 11) is 0. The third-order valence-corrected chi connectivity index (χ3v) is 3.07. The Morgan fingerprint density at radius 3 is 1.86 bits per heavy atom. The molecule has 122 valence electrons. The van der Waals surface area contributed by atoms with Crippen molar-refractivity contribution in [3.8, 4) is 0 Å². The highest BCUT2D eigenvalue weighted by atomic mass is 16.4. The van der Waals surface area contributed by atoms with Crippen molar-refractivity contribution in [3.05, 3.63) is 0 Å². The maximum absolute atomic E-state index is 11.9. The van der Waals surface area contributed by atoms with Crippen molar-refractivity contribution >= 4 is 17.8 Å². The van der Waals surface area contributed by atoms with Gasteiger partial charge in [-0.2, -0.15) is 0 Å². The van der Waals surface area contributed by atoms with Gasteiger partial charge in [-0.25, -0.2) is 4.79 Å². The van der Waals surface area contributed by atoms with E-state index in [-0.39, 0.29) is 11.8 Å². The number of hydrogen-bond donors (Lipinski definition) is 5. The van der Waals surface area contributed by atoms with Crippen molar-refractivity contribution in [2.45, 2.75) is 45.8 Å². The lowest BCUT2D eigenvalue weighted by atomic mass is 10.0. The van der Waals surface area contributed by atoms with Crippen LogP contribution in [0, 0.1) is 11.8 Å². The highest BCUT2D eigenvalue weighted by Gasteiger charge is 2.29. The van der Waals surface area contributed by atoms with Crippen LogP contribution < -0.4 is 16.4 Å². The van der Waals surface area contributed by atoms with Gasteiger partial charge in [0.05, 0.1) is 12.6 Å². The molecule has 0 fully saturated rings. The molecule has 8 nitrogen and oxygen atoms in total. The van der Waals surface area contributed by atoms with Crippen LogP contribution in [0.3, 0.4) is 0 Å². The molecule has 0 saturated carbocycles. The smallest absolute Gasteiger partial charge is 0.326 e. The summed E-state index contributed by atoms with van der Waals surface area (Å²) < 4.78 is 0. The van der Waals surface area contributed by atoms with Crippen LogP contribution in [0.4, 0.5) is 0 Å². The number of aliphatic hydroxyl groups is 1. The maximum Gasteiger partial charge on any atom is 0.326 e. The van der Waals surface area contributed by atoms with Gasteiger partial charge in [-0.3, -0.25) is 9.59 Å². The molecule has 21 heavy (non-hydrogen) atoms. The van der Waals surface area contributed by atoms with Crippen LogP contribution in [-0.4, -0.2) is 52.7 Å². The van der Waals surface area contributed by atoms with Gasteiger partial charge in [-0.1, -0.05) is 27.7 Å². The lowest BCUT2D eigenvalue weighted by Crippen LogP contribution is -2.57. The summed E-state index contributed by atoms with van der Waals surface area (Å²) >= 11 is 0. The van der Waals surface area contributed by atoms with Crippen LogP contribution in [0.1, 0.15) is 27.7 Å². The van der Waals surface area contributed by atoms with Gasteiger partial charge in [0.2, 0.25) is 11.8 Å². The molecule has 0 spiro atoms. The molecule has 0 aromatic heterocycles. The Morgan fingerprint density at radius 2 is 1.52 bits per heavy atom. The normalized spacial score (nSPS) is 15.4. The summed E-state index contributed by atoms with van der Waals surface area (Å²) in [5.41, 5.74) is 5.64. The summed E-state index contributed by atoms with van der Waals surface area (Å²) in [6.07, 6.45) is 0. The molecule has 0 unspecified atom stereocenters. The second-order valence-electron chi connectivity index (χ2n) is 5.58. The molecule has 0 aromatic carbocycles. The number of carbonyl (C=O) groups is 3. The van der Waals surface area contributed by atoms with E-state index in [2.05, 4.69) is 10.6 Å². The molecule has 0 aliphatic carbocycles. The lowest BCUT2D eigenvalue weighted by Gasteiger charge is -2.23. The Labute approximate surface area is 124 Å². The number of amides is 2. The lowest BCUT2D eigenvalue weighted by molar-refractivity contribution is -0.143. The van der Waals surface area contributed by atoms with Gasteiger partial charge in [-0.05, 0) is 11.8 Å². The Kier molecular flexibility index (Phi) is 7.90. The van der Waals surface area contributed by atoms with Crippen molar-refractivity contribution in [3.63, 3.8) is 0 Å². The third-order valence-electron chi connectivity index (χ3n) is 3.07. The third kappa shape index (κ3) is 6.09. The summed E-state index contributed by atoms with van der Waals surface area (Å²) in [6, 6.07) is -3.14. The molecule has 2 amide bonds. The zero-order valence-corrected chi connectivity index (χ0v) is 12.8. The van der Waals surface area contributed by atoms with Gasteiger partial charge >= 0.3 is 5.97 Å². The molecular formula is C13H25N3O5. The number of rotatable bonds is 8. The van der Waals surface area contributed by atoms with Gasteiger partial charge in [0, 0.05) is 0 Å². The van der Waals surface area contributed by atoms with Crippen molar-refractivity contribution in [1.29, 1.82) is 0 Å². The van der Waals surface area contributed by atoms with Crippen LogP contribution in [0.25, 0.3) is 0 Å². The van der Waals surface area contributed by atoms with Crippen molar-refractivity contribution in [2.24, 2.45) is 17.6 Å². The van der Waals surface area contributed by atoms with Gasteiger partial charge in [0.1, 0.15) is 12.1 Å². The van der Waals surface area contributed by atoms with E-state index in [1.807, 2.05) is 0 Å². The van der Waals surface area contributed by atoms with E-state index in [9.17, 15) is 19.5 Å². The number of aliphatic carboxylic acids is 1. The van der Waals surface area contributed by atoms with Crippen molar-refractivity contribution < 1.29 is 24.6 Å². The summed E-state index contributed by atoms with van der Waals surface area (Å²) in [5, 5.41) is 22.8. The molecule has 0 rings (SSSR count). The van der Waals surface area contributed by atoms with Gasteiger partial charge in [0.25, 0.3) is 0 Å². The first-order valence-corrected chi connectivity index (χ1v) is 6.81. The fourth-order valence-electron chi connectivity index (χ4n) is 1.53. The second kappa shape index (κ2) is 8.58. The topological polar surface area (TPSA) is 142 Å². The van der Waals surface area contributed by atoms with Gasteiger partial charge in [0.15, 0.2) is 0 Å². The Balaban J connectivity index is 4.76. The number of carboxylic acid groups (broad SMARTS) is 1. The van der Waals surface area contributed by atoms with Gasteiger partial charge < -0.3 is 26.6 Å². The summed E-state index contributed by atoms with van der Waals surface area (Å²) in [6.45, 7) is 6.13. The number of hydrogen-bond acceptors (Lipinski definition) is 5. The number of aliphatic hydroxyl groups excluding tert-OH is 1. The van der Waals surface area contributed by atoms with E-state index in [1.54, 1.807) is 27.7 Å². The molecule has 0 aliphatic heterocycles. The molecule has 3 atom stereocenters. The molecule has 6 N–H and O–H groups in total. The summed E-state index contributed by atoms with van der Waals surface area (Å²) in [4.78, 5) is 34.7. The first-order chi connectivity index (χ1) is 9.61. The standard InChI is InChI=1S/C13H25N3O5/c1-6(2)9(14)12(19)15-8(5-17)11(18)16-10(7(3)4)13(20)21/h6-10,17H,5,14H2,1-4H3,(H,15,19)(H,16,18)(H,20,21)/t8-,9-,10-/m0/s1. The average Bonchev–Trinajstić information content (AvgIpc) is 2.39. The molecule has 0 radical (unpaired) electrons. The number of carbonyl (C=O) groups excluding carboxylic acids is 2.